The number of ether oxygens (including phenoxy) is 1. The molecule has 2 N–H and O–H groups in total. The van der Waals surface area contributed by atoms with Crippen LogP contribution in [0.25, 0.3) is 11.1 Å². The normalized spacial score (nSPS) is 12.3. The van der Waals surface area contributed by atoms with Crippen LogP contribution in [0.4, 0.5) is 5.00 Å². The van der Waals surface area contributed by atoms with Gasteiger partial charge in [-0.25, -0.2) is 4.79 Å². The number of nitrogens with one attached hydrogen (secondary N) is 2. The van der Waals surface area contributed by atoms with Crippen molar-refractivity contribution >= 4 is 39.6 Å². The molecule has 0 aliphatic carbocycles. The molecule has 0 aliphatic heterocycles. The Morgan fingerprint density at radius 1 is 1.25 bits per heavy atom. The number of carbonyl (C=O) groups is 1. The molecule has 1 unspecified atom stereocenters. The van der Waals surface area contributed by atoms with Gasteiger partial charge in [-0.1, -0.05) is 51.1 Å². The maximum absolute atomic E-state index is 12.9. The zero-order chi connectivity index (χ0) is 23.3. The van der Waals surface area contributed by atoms with Crippen molar-refractivity contribution in [2.24, 2.45) is 5.41 Å². The van der Waals surface area contributed by atoms with E-state index in [9.17, 15) is 4.79 Å². The number of benzene rings is 1. The third-order valence-electron chi connectivity index (χ3n) is 5.13. The van der Waals surface area contributed by atoms with E-state index in [1.54, 1.807) is 6.20 Å². The standard InChI is InChI=1S/C24H30N4O2S2/c1-6-30-22(29)20-19(17-11-8-7-9-12-17)16(2)32-21(20)27-23(31)26-18(24(3,4)5)15-28-14-10-13-25-28/h7-14,18H,6,15H2,1-5H3,(H2,26,27,31). The van der Waals surface area contributed by atoms with E-state index in [1.165, 1.54) is 11.3 Å². The molecule has 8 heteroatoms. The van der Waals surface area contributed by atoms with Crippen LogP contribution >= 0.6 is 23.6 Å². The summed E-state index contributed by atoms with van der Waals surface area (Å²) in [5.41, 5.74) is 2.30. The van der Waals surface area contributed by atoms with Gasteiger partial charge in [0.25, 0.3) is 0 Å². The second kappa shape index (κ2) is 10.3. The van der Waals surface area contributed by atoms with Gasteiger partial charge >= 0.3 is 5.97 Å². The summed E-state index contributed by atoms with van der Waals surface area (Å²) in [6.45, 7) is 11.3. The summed E-state index contributed by atoms with van der Waals surface area (Å²) >= 11 is 7.16. The first-order valence-corrected chi connectivity index (χ1v) is 11.8. The van der Waals surface area contributed by atoms with Crippen LogP contribution in [-0.4, -0.2) is 33.5 Å². The lowest BCUT2D eigenvalue weighted by atomic mass is 9.87. The molecule has 0 aliphatic rings. The van der Waals surface area contributed by atoms with Gasteiger partial charge in [-0.2, -0.15) is 5.10 Å². The lowest BCUT2D eigenvalue weighted by Crippen LogP contribution is -2.48. The van der Waals surface area contributed by atoms with Crippen LogP contribution in [0.1, 0.15) is 42.9 Å². The predicted molar refractivity (Wildman–Crippen MR) is 135 cm³/mol. The average Bonchev–Trinajstić information content (AvgIpc) is 3.35. The molecule has 170 valence electrons. The zero-order valence-electron chi connectivity index (χ0n) is 19.1. The van der Waals surface area contributed by atoms with Gasteiger partial charge in [-0.3, -0.25) is 4.68 Å². The fourth-order valence-corrected chi connectivity index (χ4v) is 4.79. The van der Waals surface area contributed by atoms with E-state index in [1.807, 2.05) is 61.1 Å². The summed E-state index contributed by atoms with van der Waals surface area (Å²) in [5, 5.41) is 12.2. The lowest BCUT2D eigenvalue weighted by molar-refractivity contribution is 0.0529. The minimum atomic E-state index is -0.357. The number of esters is 1. The Morgan fingerprint density at radius 3 is 2.56 bits per heavy atom. The first-order chi connectivity index (χ1) is 15.2. The molecule has 3 aromatic rings. The minimum Gasteiger partial charge on any atom is -0.462 e. The topological polar surface area (TPSA) is 68.2 Å². The highest BCUT2D eigenvalue weighted by molar-refractivity contribution is 7.80. The van der Waals surface area contributed by atoms with Gasteiger partial charge in [0.2, 0.25) is 0 Å². The summed E-state index contributed by atoms with van der Waals surface area (Å²) in [6, 6.07) is 11.8. The quantitative estimate of drug-likeness (QED) is 0.351. The Labute approximate surface area is 199 Å². The molecule has 1 aromatic carbocycles. The fourth-order valence-electron chi connectivity index (χ4n) is 3.41. The molecule has 6 nitrogen and oxygen atoms in total. The summed E-state index contributed by atoms with van der Waals surface area (Å²) in [5.74, 6) is -0.357. The second-order valence-corrected chi connectivity index (χ2v) is 10.2. The molecule has 0 saturated heterocycles. The van der Waals surface area contributed by atoms with Crippen molar-refractivity contribution in [1.82, 2.24) is 15.1 Å². The number of hydrogen-bond donors (Lipinski definition) is 2. The molecule has 0 spiro atoms. The predicted octanol–water partition coefficient (Wildman–Crippen LogP) is 5.50. The Kier molecular flexibility index (Phi) is 7.69. The first kappa shape index (κ1) is 23.9. The van der Waals surface area contributed by atoms with Gasteiger partial charge in [-0.05, 0) is 43.1 Å². The first-order valence-electron chi connectivity index (χ1n) is 10.6. The number of nitrogens with zero attached hydrogens (tertiary/aromatic N) is 2. The van der Waals surface area contributed by atoms with E-state index in [0.29, 0.717) is 28.8 Å². The largest absolute Gasteiger partial charge is 0.462 e. The smallest absolute Gasteiger partial charge is 0.341 e. The third-order valence-corrected chi connectivity index (χ3v) is 6.37. The number of thiophene rings is 1. The van der Waals surface area contributed by atoms with E-state index in [2.05, 4.69) is 36.5 Å². The lowest BCUT2D eigenvalue weighted by Gasteiger charge is -2.32. The Balaban J connectivity index is 1.88. The number of thiocarbonyl (C=S) groups is 1. The molecule has 0 bridgehead atoms. The molecule has 0 fully saturated rings. The number of aromatic nitrogens is 2. The Bertz CT molecular complexity index is 1050. The Morgan fingerprint density at radius 2 is 1.97 bits per heavy atom. The molecular formula is C24H30N4O2S2. The summed E-state index contributed by atoms with van der Waals surface area (Å²) in [6.07, 6.45) is 3.70. The number of aryl methyl sites for hydroxylation is 1. The number of anilines is 1. The van der Waals surface area contributed by atoms with Crippen LogP contribution in [0.3, 0.4) is 0 Å². The van der Waals surface area contributed by atoms with E-state index in [-0.39, 0.29) is 17.4 Å². The average molecular weight is 471 g/mol. The van der Waals surface area contributed by atoms with Crippen molar-refractivity contribution in [2.75, 3.05) is 11.9 Å². The van der Waals surface area contributed by atoms with Gasteiger partial charge < -0.3 is 15.4 Å². The molecule has 2 heterocycles. The molecule has 3 rings (SSSR count). The SMILES string of the molecule is CCOC(=O)c1c(NC(=S)NC(Cn2cccn2)C(C)(C)C)sc(C)c1-c1ccccc1. The second-order valence-electron chi connectivity index (χ2n) is 8.57. The van der Waals surface area contributed by atoms with Crippen molar-refractivity contribution < 1.29 is 9.53 Å². The third kappa shape index (κ3) is 5.75. The molecule has 32 heavy (non-hydrogen) atoms. The van der Waals surface area contributed by atoms with Crippen LogP contribution < -0.4 is 10.6 Å². The highest BCUT2D eigenvalue weighted by Gasteiger charge is 2.28. The van der Waals surface area contributed by atoms with Crippen molar-refractivity contribution in [3.05, 3.63) is 59.2 Å². The van der Waals surface area contributed by atoms with Crippen molar-refractivity contribution in [3.8, 4) is 11.1 Å². The van der Waals surface area contributed by atoms with Gasteiger partial charge in [0.05, 0.1) is 19.2 Å². The highest BCUT2D eigenvalue weighted by Crippen LogP contribution is 2.40. The number of carbonyl (C=O) groups excluding carboxylic acids is 1. The van der Waals surface area contributed by atoms with E-state index in [4.69, 9.17) is 17.0 Å². The van der Waals surface area contributed by atoms with Crippen LogP contribution in [-0.2, 0) is 11.3 Å². The van der Waals surface area contributed by atoms with Crippen molar-refractivity contribution in [3.63, 3.8) is 0 Å². The number of hydrogen-bond acceptors (Lipinski definition) is 5. The monoisotopic (exact) mass is 470 g/mol. The van der Waals surface area contributed by atoms with E-state index in [0.717, 1.165) is 16.0 Å². The maximum Gasteiger partial charge on any atom is 0.341 e. The molecule has 0 radical (unpaired) electrons. The van der Waals surface area contributed by atoms with Crippen LogP contribution in [0.15, 0.2) is 48.8 Å². The maximum atomic E-state index is 12.9. The zero-order valence-corrected chi connectivity index (χ0v) is 20.8. The molecule has 0 saturated carbocycles. The van der Waals surface area contributed by atoms with Gasteiger partial charge in [0, 0.05) is 22.8 Å². The number of rotatable bonds is 7. The van der Waals surface area contributed by atoms with Gasteiger partial charge in [0.15, 0.2) is 5.11 Å². The van der Waals surface area contributed by atoms with Gasteiger partial charge in [0.1, 0.15) is 10.6 Å². The summed E-state index contributed by atoms with van der Waals surface area (Å²) in [7, 11) is 0. The molecule has 2 aromatic heterocycles. The highest BCUT2D eigenvalue weighted by atomic mass is 32.1. The summed E-state index contributed by atoms with van der Waals surface area (Å²) in [4.78, 5) is 13.9. The van der Waals surface area contributed by atoms with Gasteiger partial charge in [-0.15, -0.1) is 11.3 Å². The van der Waals surface area contributed by atoms with E-state index >= 15 is 0 Å². The van der Waals surface area contributed by atoms with Crippen molar-refractivity contribution in [2.45, 2.75) is 47.2 Å². The molecule has 0 amide bonds. The van der Waals surface area contributed by atoms with Crippen LogP contribution in [0.5, 0.6) is 0 Å². The van der Waals surface area contributed by atoms with Crippen molar-refractivity contribution in [1.29, 1.82) is 0 Å². The molecular weight excluding hydrogens is 440 g/mol. The minimum absolute atomic E-state index is 0.0306. The van der Waals surface area contributed by atoms with Crippen LogP contribution in [0, 0.1) is 12.3 Å². The summed E-state index contributed by atoms with van der Waals surface area (Å²) < 4.78 is 7.27. The Hall–Kier alpha value is -2.71. The fraction of sp³-hybridized carbons (Fsp3) is 0.375. The molecule has 1 atom stereocenters. The van der Waals surface area contributed by atoms with E-state index < -0.39 is 0 Å². The van der Waals surface area contributed by atoms with Crippen LogP contribution in [0.2, 0.25) is 0 Å².